The summed E-state index contributed by atoms with van der Waals surface area (Å²) in [6.07, 6.45) is 0.779. The average Bonchev–Trinajstić information content (AvgIpc) is 3.49. The minimum Gasteiger partial charge on any atom is -0.488 e. The summed E-state index contributed by atoms with van der Waals surface area (Å²) in [5, 5.41) is 7.04. The quantitative estimate of drug-likeness (QED) is 0.153. The Kier molecular flexibility index (Phi) is 9.32. The van der Waals surface area contributed by atoms with Crippen LogP contribution in [-0.2, 0) is 13.2 Å². The van der Waals surface area contributed by atoms with Gasteiger partial charge < -0.3 is 19.3 Å². The van der Waals surface area contributed by atoms with Crippen LogP contribution in [0.1, 0.15) is 64.2 Å². The highest BCUT2D eigenvalue weighted by Gasteiger charge is 2.28. The highest BCUT2D eigenvalue weighted by atomic mass is 16.5. The molecule has 0 unspecified atom stereocenters. The van der Waals surface area contributed by atoms with E-state index in [0.29, 0.717) is 59.3 Å². The number of aldehydes is 1. The number of ether oxygens (including phenoxy) is 2. The van der Waals surface area contributed by atoms with E-state index in [4.69, 9.17) is 14.0 Å². The van der Waals surface area contributed by atoms with Crippen molar-refractivity contribution < 1.29 is 23.6 Å². The van der Waals surface area contributed by atoms with E-state index >= 15 is 0 Å². The van der Waals surface area contributed by atoms with Gasteiger partial charge in [0.2, 0.25) is 0 Å². The highest BCUT2D eigenvalue weighted by molar-refractivity contribution is 6.02. The van der Waals surface area contributed by atoms with Crippen molar-refractivity contribution in [3.63, 3.8) is 0 Å². The number of rotatable bonds is 12. The Labute approximate surface area is 251 Å². The summed E-state index contributed by atoms with van der Waals surface area (Å²) in [5.74, 6) is 1.37. The van der Waals surface area contributed by atoms with E-state index in [2.05, 4.69) is 24.3 Å². The van der Waals surface area contributed by atoms with Gasteiger partial charge in [-0.1, -0.05) is 104 Å². The van der Waals surface area contributed by atoms with Gasteiger partial charge in [-0.15, -0.1) is 0 Å². The lowest BCUT2D eigenvalue weighted by Crippen LogP contribution is -2.23. The molecule has 0 aliphatic rings. The van der Waals surface area contributed by atoms with Gasteiger partial charge in [-0.3, -0.25) is 9.59 Å². The second kappa shape index (κ2) is 13.7. The molecule has 7 heteroatoms. The van der Waals surface area contributed by atoms with Crippen molar-refractivity contribution in [1.82, 2.24) is 10.5 Å². The fourth-order valence-electron chi connectivity index (χ4n) is 4.79. The molecule has 1 heterocycles. The lowest BCUT2D eigenvalue weighted by Gasteiger charge is -2.19. The Morgan fingerprint density at radius 1 is 0.860 bits per heavy atom. The third kappa shape index (κ3) is 6.84. The summed E-state index contributed by atoms with van der Waals surface area (Å²) < 4.78 is 18.8. The number of amides is 1. The first-order chi connectivity index (χ1) is 21.0. The Morgan fingerprint density at radius 2 is 1.47 bits per heavy atom. The third-order valence-electron chi connectivity index (χ3n) is 7.03. The molecule has 0 fully saturated rings. The molecule has 0 spiro atoms. The molecule has 1 amide bonds. The van der Waals surface area contributed by atoms with Crippen molar-refractivity contribution in [2.45, 2.75) is 39.9 Å². The predicted molar refractivity (Wildman–Crippen MR) is 166 cm³/mol. The largest absolute Gasteiger partial charge is 0.488 e. The molecule has 0 atom stereocenters. The summed E-state index contributed by atoms with van der Waals surface area (Å²) >= 11 is 0. The standard InChI is InChI=1S/C36H34N2O5/c1-4-37-36(40)34-33(28-17-15-25(21-39)16-18-28)35(43-38-34)30-19-29(24(2)3)31(41-22-26-11-7-5-8-12-26)20-32(30)42-23-27-13-9-6-10-14-27/h5-21,24H,4,22-23H2,1-3H3,(H,37,40). The number of nitrogens with zero attached hydrogens (tertiary/aromatic N) is 1. The number of nitrogens with one attached hydrogen (secondary N) is 1. The molecule has 0 saturated carbocycles. The van der Waals surface area contributed by atoms with E-state index in [-0.39, 0.29) is 17.5 Å². The Hall–Kier alpha value is -5.17. The number of benzene rings is 4. The van der Waals surface area contributed by atoms with Crippen molar-refractivity contribution in [3.05, 3.63) is 125 Å². The van der Waals surface area contributed by atoms with Crippen LogP contribution >= 0.6 is 0 Å². The molecule has 0 aliphatic heterocycles. The van der Waals surface area contributed by atoms with Gasteiger partial charge in [0.1, 0.15) is 31.0 Å². The molecule has 1 N–H and O–H groups in total. The predicted octanol–water partition coefficient (Wildman–Crippen LogP) is 7.85. The zero-order valence-electron chi connectivity index (χ0n) is 24.5. The Bertz CT molecular complexity index is 1680. The number of aromatic nitrogens is 1. The summed E-state index contributed by atoms with van der Waals surface area (Å²) in [6.45, 7) is 7.18. The third-order valence-corrected chi connectivity index (χ3v) is 7.03. The first-order valence-electron chi connectivity index (χ1n) is 14.3. The fraction of sp³-hybridized carbons (Fsp3) is 0.194. The molecule has 4 aromatic carbocycles. The summed E-state index contributed by atoms with van der Waals surface area (Å²) in [7, 11) is 0. The minimum atomic E-state index is -0.356. The second-order valence-electron chi connectivity index (χ2n) is 10.4. The van der Waals surface area contributed by atoms with Gasteiger partial charge in [0.05, 0.1) is 11.1 Å². The maximum absolute atomic E-state index is 13.1. The average molecular weight is 575 g/mol. The smallest absolute Gasteiger partial charge is 0.274 e. The van der Waals surface area contributed by atoms with E-state index in [1.54, 1.807) is 24.3 Å². The number of hydrogen-bond donors (Lipinski definition) is 1. The Balaban J connectivity index is 1.66. The van der Waals surface area contributed by atoms with Gasteiger partial charge in [0, 0.05) is 18.2 Å². The van der Waals surface area contributed by atoms with Crippen LogP contribution in [0, 0.1) is 0 Å². The van der Waals surface area contributed by atoms with Gasteiger partial charge in [-0.05, 0) is 41.2 Å². The first kappa shape index (κ1) is 29.3. The summed E-state index contributed by atoms with van der Waals surface area (Å²) in [6, 6.07) is 30.7. The van der Waals surface area contributed by atoms with Crippen LogP contribution < -0.4 is 14.8 Å². The number of carbonyl (C=O) groups excluding carboxylic acids is 2. The summed E-state index contributed by atoms with van der Waals surface area (Å²) in [5.41, 5.74) is 5.53. The van der Waals surface area contributed by atoms with Crippen molar-refractivity contribution in [2.24, 2.45) is 0 Å². The topological polar surface area (TPSA) is 90.7 Å². The molecule has 0 radical (unpaired) electrons. The van der Waals surface area contributed by atoms with Crippen LogP contribution in [0.15, 0.2) is 102 Å². The number of carbonyl (C=O) groups is 2. The molecule has 7 nitrogen and oxygen atoms in total. The van der Waals surface area contributed by atoms with Crippen molar-refractivity contribution in [2.75, 3.05) is 6.54 Å². The van der Waals surface area contributed by atoms with Crippen LogP contribution in [0.25, 0.3) is 22.5 Å². The molecule has 5 aromatic rings. The lowest BCUT2D eigenvalue weighted by atomic mass is 9.93. The fourth-order valence-corrected chi connectivity index (χ4v) is 4.79. The molecular weight excluding hydrogens is 540 g/mol. The van der Waals surface area contributed by atoms with Gasteiger partial charge >= 0.3 is 0 Å². The first-order valence-corrected chi connectivity index (χ1v) is 14.3. The van der Waals surface area contributed by atoms with Gasteiger partial charge in [-0.2, -0.15) is 0 Å². The molecule has 43 heavy (non-hydrogen) atoms. The summed E-state index contributed by atoms with van der Waals surface area (Å²) in [4.78, 5) is 24.5. The monoisotopic (exact) mass is 574 g/mol. The van der Waals surface area contributed by atoms with E-state index < -0.39 is 0 Å². The number of hydrogen-bond acceptors (Lipinski definition) is 6. The van der Waals surface area contributed by atoms with E-state index in [9.17, 15) is 9.59 Å². The molecule has 218 valence electrons. The van der Waals surface area contributed by atoms with Crippen molar-refractivity contribution in [3.8, 4) is 33.9 Å². The molecule has 5 rings (SSSR count). The molecule has 1 aromatic heterocycles. The van der Waals surface area contributed by atoms with Crippen LogP contribution in [0.4, 0.5) is 0 Å². The maximum Gasteiger partial charge on any atom is 0.274 e. The van der Waals surface area contributed by atoms with E-state index in [0.717, 1.165) is 23.0 Å². The van der Waals surface area contributed by atoms with E-state index in [1.807, 2.05) is 79.7 Å². The molecular formula is C36H34N2O5. The zero-order chi connectivity index (χ0) is 30.2. The van der Waals surface area contributed by atoms with Crippen LogP contribution in [0.3, 0.4) is 0 Å². The van der Waals surface area contributed by atoms with Gasteiger partial charge in [0.25, 0.3) is 5.91 Å². The van der Waals surface area contributed by atoms with Gasteiger partial charge in [-0.25, -0.2) is 0 Å². The molecule has 0 aliphatic carbocycles. The zero-order valence-corrected chi connectivity index (χ0v) is 24.5. The minimum absolute atomic E-state index is 0.105. The SMILES string of the molecule is CCNC(=O)c1noc(-c2cc(C(C)C)c(OCc3ccccc3)cc2OCc2ccccc2)c1-c1ccc(C=O)cc1. The van der Waals surface area contributed by atoms with Crippen LogP contribution in [-0.4, -0.2) is 23.9 Å². The van der Waals surface area contributed by atoms with E-state index in [1.165, 1.54) is 0 Å². The molecule has 0 saturated heterocycles. The normalized spacial score (nSPS) is 10.9. The van der Waals surface area contributed by atoms with Crippen molar-refractivity contribution in [1.29, 1.82) is 0 Å². The second-order valence-corrected chi connectivity index (χ2v) is 10.4. The molecule has 0 bridgehead atoms. The maximum atomic E-state index is 13.1. The van der Waals surface area contributed by atoms with Crippen LogP contribution in [0.5, 0.6) is 11.5 Å². The Morgan fingerprint density at radius 3 is 2.02 bits per heavy atom. The lowest BCUT2D eigenvalue weighted by molar-refractivity contribution is 0.0947. The van der Waals surface area contributed by atoms with Crippen molar-refractivity contribution >= 4 is 12.2 Å². The van der Waals surface area contributed by atoms with Crippen LogP contribution in [0.2, 0.25) is 0 Å². The highest BCUT2D eigenvalue weighted by Crippen LogP contribution is 2.44. The van der Waals surface area contributed by atoms with Gasteiger partial charge in [0.15, 0.2) is 11.5 Å².